The van der Waals surface area contributed by atoms with E-state index in [1.807, 2.05) is 75.6 Å². The molecule has 0 saturated carbocycles. The Bertz CT molecular complexity index is 1130. The number of rotatable bonds is 4. The molecule has 1 saturated heterocycles. The van der Waals surface area contributed by atoms with E-state index in [0.717, 1.165) is 52.0 Å². The quantitative estimate of drug-likeness (QED) is 0.672. The van der Waals surface area contributed by atoms with Crippen molar-refractivity contribution in [2.45, 2.75) is 66.3 Å². The monoisotopic (exact) mass is 479 g/mol. The molecule has 1 fully saturated rings. The Morgan fingerprint density at radius 2 is 1.51 bits per heavy atom. The number of fused-ring (bicyclic) bond motifs is 1. The van der Waals surface area contributed by atoms with Gasteiger partial charge in [0.2, 0.25) is 0 Å². The lowest BCUT2D eigenvalue weighted by Gasteiger charge is -2.31. The predicted octanol–water partition coefficient (Wildman–Crippen LogP) is 4.56. The molecule has 2 aromatic rings. The molecule has 0 spiro atoms. The van der Waals surface area contributed by atoms with E-state index in [1.54, 1.807) is 0 Å². The fourth-order valence-corrected chi connectivity index (χ4v) is 5.22. The number of piperazine rings is 1. The van der Waals surface area contributed by atoms with Crippen LogP contribution in [0.5, 0.6) is 0 Å². The minimum Gasteiger partial charge on any atom is -0.479 e. The largest absolute Gasteiger partial charge is 0.479 e. The standard InChI is InChI=1S/C28H37N3O4/c1-17-7-9-20(10-8-17)23-18(2)21-15-31(27(34)30-13-11-29-12-14-30)16-22(21)19(3)24(23)25(26(32)33)35-28(4,5)6/h7-10,25,29H,11-16H2,1-6H3,(H,32,33). The van der Waals surface area contributed by atoms with Crippen LogP contribution in [0.4, 0.5) is 4.79 Å². The van der Waals surface area contributed by atoms with Gasteiger partial charge in [0.1, 0.15) is 0 Å². The average Bonchev–Trinajstić information content (AvgIpc) is 3.26. The van der Waals surface area contributed by atoms with Gasteiger partial charge in [0, 0.05) is 44.8 Å². The van der Waals surface area contributed by atoms with E-state index in [1.165, 1.54) is 0 Å². The molecule has 2 N–H and O–H groups in total. The number of ether oxygens (including phenoxy) is 1. The number of aliphatic carboxylic acids is 1. The zero-order chi connectivity index (χ0) is 25.5. The van der Waals surface area contributed by atoms with Gasteiger partial charge in [-0.05, 0) is 74.9 Å². The maximum atomic E-state index is 13.3. The van der Waals surface area contributed by atoms with E-state index < -0.39 is 17.7 Å². The molecular weight excluding hydrogens is 442 g/mol. The molecule has 2 heterocycles. The van der Waals surface area contributed by atoms with Crippen LogP contribution >= 0.6 is 0 Å². The van der Waals surface area contributed by atoms with Crippen molar-refractivity contribution in [2.75, 3.05) is 26.2 Å². The summed E-state index contributed by atoms with van der Waals surface area (Å²) < 4.78 is 6.14. The van der Waals surface area contributed by atoms with Gasteiger partial charge in [-0.1, -0.05) is 29.8 Å². The van der Waals surface area contributed by atoms with Gasteiger partial charge in [-0.3, -0.25) is 0 Å². The Kier molecular flexibility index (Phi) is 6.93. The lowest BCUT2D eigenvalue weighted by atomic mass is 9.83. The van der Waals surface area contributed by atoms with Crippen LogP contribution in [0, 0.1) is 20.8 Å². The van der Waals surface area contributed by atoms with Crippen molar-refractivity contribution in [3.63, 3.8) is 0 Å². The number of carbonyl (C=O) groups excluding carboxylic acids is 1. The smallest absolute Gasteiger partial charge is 0.337 e. The molecule has 2 amide bonds. The molecule has 4 rings (SSSR count). The third-order valence-corrected chi connectivity index (χ3v) is 6.97. The maximum Gasteiger partial charge on any atom is 0.337 e. The summed E-state index contributed by atoms with van der Waals surface area (Å²) >= 11 is 0. The van der Waals surface area contributed by atoms with Crippen LogP contribution in [0.25, 0.3) is 11.1 Å². The fourth-order valence-electron chi connectivity index (χ4n) is 5.22. The summed E-state index contributed by atoms with van der Waals surface area (Å²) in [6.07, 6.45) is -1.12. The molecule has 0 bridgehead atoms. The van der Waals surface area contributed by atoms with E-state index >= 15 is 0 Å². The van der Waals surface area contributed by atoms with Gasteiger partial charge in [-0.15, -0.1) is 0 Å². The number of hydrogen-bond acceptors (Lipinski definition) is 4. The van der Waals surface area contributed by atoms with Crippen molar-refractivity contribution in [1.82, 2.24) is 15.1 Å². The topological polar surface area (TPSA) is 82.1 Å². The number of nitrogens with one attached hydrogen (secondary N) is 1. The zero-order valence-corrected chi connectivity index (χ0v) is 21.7. The highest BCUT2D eigenvalue weighted by Crippen LogP contribution is 2.43. The molecule has 188 valence electrons. The van der Waals surface area contributed by atoms with Crippen molar-refractivity contribution in [2.24, 2.45) is 0 Å². The first kappa shape index (κ1) is 25.2. The second kappa shape index (κ2) is 9.63. The molecule has 35 heavy (non-hydrogen) atoms. The average molecular weight is 480 g/mol. The van der Waals surface area contributed by atoms with E-state index in [4.69, 9.17) is 4.74 Å². The summed E-state index contributed by atoms with van der Waals surface area (Å²) in [4.78, 5) is 29.6. The summed E-state index contributed by atoms with van der Waals surface area (Å²) in [6.45, 7) is 15.7. The summed E-state index contributed by atoms with van der Waals surface area (Å²) in [6, 6.07) is 8.22. The van der Waals surface area contributed by atoms with Gasteiger partial charge >= 0.3 is 12.0 Å². The van der Waals surface area contributed by atoms with Crippen molar-refractivity contribution < 1.29 is 19.4 Å². The third-order valence-electron chi connectivity index (χ3n) is 6.97. The number of carbonyl (C=O) groups is 2. The molecule has 7 nitrogen and oxygen atoms in total. The Morgan fingerprint density at radius 1 is 0.943 bits per heavy atom. The van der Waals surface area contributed by atoms with Crippen LogP contribution in [0.1, 0.15) is 60.3 Å². The van der Waals surface area contributed by atoms with Crippen LogP contribution in [-0.2, 0) is 22.6 Å². The molecule has 1 atom stereocenters. The first-order valence-electron chi connectivity index (χ1n) is 12.3. The molecule has 2 aromatic carbocycles. The van der Waals surface area contributed by atoms with E-state index in [-0.39, 0.29) is 6.03 Å². The second-order valence-electron chi connectivity index (χ2n) is 10.7. The molecule has 1 unspecified atom stereocenters. The number of amides is 2. The van der Waals surface area contributed by atoms with E-state index in [0.29, 0.717) is 31.7 Å². The summed E-state index contributed by atoms with van der Waals surface area (Å²) in [7, 11) is 0. The number of benzene rings is 2. The van der Waals surface area contributed by atoms with Crippen molar-refractivity contribution >= 4 is 12.0 Å². The van der Waals surface area contributed by atoms with Crippen molar-refractivity contribution in [3.05, 3.63) is 57.6 Å². The highest BCUT2D eigenvalue weighted by Gasteiger charge is 2.37. The maximum absolute atomic E-state index is 13.3. The third kappa shape index (κ3) is 5.07. The van der Waals surface area contributed by atoms with Crippen LogP contribution in [0.2, 0.25) is 0 Å². The molecule has 2 aliphatic rings. The number of carboxylic acid groups (broad SMARTS) is 1. The van der Waals surface area contributed by atoms with Crippen LogP contribution in [0.3, 0.4) is 0 Å². The Morgan fingerprint density at radius 3 is 2.06 bits per heavy atom. The minimum absolute atomic E-state index is 0.0423. The van der Waals surface area contributed by atoms with Crippen LogP contribution in [0.15, 0.2) is 24.3 Å². The van der Waals surface area contributed by atoms with Gasteiger partial charge in [0.15, 0.2) is 6.10 Å². The van der Waals surface area contributed by atoms with Crippen LogP contribution < -0.4 is 5.32 Å². The molecule has 2 aliphatic heterocycles. The molecule has 0 aliphatic carbocycles. The first-order valence-corrected chi connectivity index (χ1v) is 12.3. The molecular formula is C28H37N3O4. The summed E-state index contributed by atoms with van der Waals surface area (Å²) in [5, 5.41) is 13.6. The molecule has 0 aromatic heterocycles. The summed E-state index contributed by atoms with van der Waals surface area (Å²) in [5.74, 6) is -1.01. The van der Waals surface area contributed by atoms with E-state index in [2.05, 4.69) is 5.32 Å². The highest BCUT2D eigenvalue weighted by atomic mass is 16.5. The number of urea groups is 1. The number of carboxylic acids is 1. The number of aryl methyl sites for hydroxylation is 1. The normalized spacial score (nSPS) is 16.9. The lowest BCUT2D eigenvalue weighted by Crippen LogP contribution is -2.50. The number of nitrogens with zero attached hydrogens (tertiary/aromatic N) is 2. The van der Waals surface area contributed by atoms with Gasteiger partial charge in [-0.2, -0.15) is 0 Å². The molecule has 7 heteroatoms. The number of hydrogen-bond donors (Lipinski definition) is 2. The highest BCUT2D eigenvalue weighted by molar-refractivity contribution is 5.85. The second-order valence-corrected chi connectivity index (χ2v) is 10.7. The zero-order valence-electron chi connectivity index (χ0n) is 21.7. The minimum atomic E-state index is -1.12. The Balaban J connectivity index is 1.85. The van der Waals surface area contributed by atoms with Gasteiger partial charge in [-0.25, -0.2) is 9.59 Å². The van der Waals surface area contributed by atoms with Gasteiger partial charge in [0.25, 0.3) is 0 Å². The lowest BCUT2D eigenvalue weighted by molar-refractivity contribution is -0.160. The SMILES string of the molecule is Cc1ccc(-c2c(C)c3c(c(C)c2C(OC(C)(C)C)C(=O)O)CN(C(=O)N2CCNCC2)C3)cc1. The van der Waals surface area contributed by atoms with Crippen LogP contribution in [-0.4, -0.2) is 58.7 Å². The summed E-state index contributed by atoms with van der Waals surface area (Å²) in [5.41, 5.74) is 7.11. The van der Waals surface area contributed by atoms with Gasteiger partial charge in [0.05, 0.1) is 5.60 Å². The first-order chi connectivity index (χ1) is 16.5. The predicted molar refractivity (Wildman–Crippen MR) is 136 cm³/mol. The molecule has 0 radical (unpaired) electrons. The Labute approximate surface area is 208 Å². The van der Waals surface area contributed by atoms with Crippen molar-refractivity contribution in [3.8, 4) is 11.1 Å². The van der Waals surface area contributed by atoms with Crippen molar-refractivity contribution in [1.29, 1.82) is 0 Å². The van der Waals surface area contributed by atoms with E-state index in [9.17, 15) is 14.7 Å². The fraction of sp³-hybridized carbons (Fsp3) is 0.500. The van der Waals surface area contributed by atoms with Gasteiger partial charge < -0.3 is 25.0 Å². The Hall–Kier alpha value is -2.90.